The molecule has 0 heterocycles. The summed E-state index contributed by atoms with van der Waals surface area (Å²) in [4.78, 5) is 42.2. The molecule has 0 aliphatic heterocycles. The molecule has 9 heteroatoms. The molecule has 3 atom stereocenters. The van der Waals surface area contributed by atoms with Crippen molar-refractivity contribution in [1.29, 1.82) is 0 Å². The number of esters is 1. The van der Waals surface area contributed by atoms with Gasteiger partial charge in [0.05, 0.1) is 12.5 Å². The minimum atomic E-state index is -2.29. The van der Waals surface area contributed by atoms with Crippen molar-refractivity contribution in [1.82, 2.24) is 10.2 Å². The first-order chi connectivity index (χ1) is 24.0. The first-order valence-electron chi connectivity index (χ1n) is 18.4. The standard InChI is InChI=1S/C43H62N2O6Si/c1-31(33-21-17-14-18-22-33)45(30-32-19-15-13-16-20-32)37(28-39(47)49-41(2,3)4)34-23-25-35(26-24-34)38(46)27-36(51-52(11,12)43(8,9)10)29-44-40(48)50-42(5,6)7/h13-26,31,36-37H,27-30H2,1-12H3,(H,44,48)/t31-,36-,37+/m1/s1. The number of carbonyl (C=O) groups is 3. The Balaban J connectivity index is 1.96. The van der Waals surface area contributed by atoms with Crippen LogP contribution >= 0.6 is 0 Å². The normalized spacial score (nSPS) is 14.3. The molecule has 3 aromatic carbocycles. The summed E-state index contributed by atoms with van der Waals surface area (Å²) >= 11 is 0. The summed E-state index contributed by atoms with van der Waals surface area (Å²) in [6, 6.07) is 27.7. The Bertz CT molecular complexity index is 1590. The molecule has 0 radical (unpaired) electrons. The Morgan fingerprint density at radius 1 is 0.712 bits per heavy atom. The summed E-state index contributed by atoms with van der Waals surface area (Å²) in [7, 11) is -2.29. The highest BCUT2D eigenvalue weighted by Crippen LogP contribution is 2.38. The van der Waals surface area contributed by atoms with Crippen LogP contribution in [0.25, 0.3) is 0 Å². The molecule has 3 aromatic rings. The van der Waals surface area contributed by atoms with Gasteiger partial charge in [0.25, 0.3) is 0 Å². The van der Waals surface area contributed by atoms with E-state index in [9.17, 15) is 14.4 Å². The van der Waals surface area contributed by atoms with E-state index >= 15 is 0 Å². The Labute approximate surface area is 313 Å². The van der Waals surface area contributed by atoms with Crippen LogP contribution in [0.1, 0.15) is 121 Å². The minimum absolute atomic E-state index is 0.0409. The number of amides is 1. The quantitative estimate of drug-likeness (QED) is 0.0945. The molecule has 3 rings (SSSR count). The average molecular weight is 731 g/mol. The lowest BCUT2D eigenvalue weighted by Crippen LogP contribution is -2.48. The van der Waals surface area contributed by atoms with E-state index in [-0.39, 0.29) is 48.3 Å². The van der Waals surface area contributed by atoms with E-state index in [1.54, 1.807) is 0 Å². The second-order valence-corrected chi connectivity index (χ2v) is 21.9. The molecule has 8 nitrogen and oxygen atoms in total. The summed E-state index contributed by atoms with van der Waals surface area (Å²) < 4.78 is 18.0. The van der Waals surface area contributed by atoms with Crippen molar-refractivity contribution >= 4 is 26.2 Å². The predicted octanol–water partition coefficient (Wildman–Crippen LogP) is 10.2. The molecular formula is C43H62N2O6Si. The van der Waals surface area contributed by atoms with Crippen LogP contribution in [0.5, 0.6) is 0 Å². The first kappa shape index (κ1) is 42.6. The molecule has 0 bridgehead atoms. The second kappa shape index (κ2) is 17.8. The van der Waals surface area contributed by atoms with Crippen molar-refractivity contribution in [3.8, 4) is 0 Å². The number of alkyl carbamates (subject to hydrolysis) is 1. The van der Waals surface area contributed by atoms with Crippen LogP contribution in [0.3, 0.4) is 0 Å². The van der Waals surface area contributed by atoms with E-state index in [0.717, 1.165) is 16.7 Å². The van der Waals surface area contributed by atoms with Crippen LogP contribution in [0.15, 0.2) is 84.9 Å². The molecule has 0 aliphatic carbocycles. The molecule has 52 heavy (non-hydrogen) atoms. The third-order valence-corrected chi connectivity index (χ3v) is 13.9. The van der Waals surface area contributed by atoms with E-state index in [1.165, 1.54) is 0 Å². The highest BCUT2D eigenvalue weighted by atomic mass is 28.4. The second-order valence-electron chi connectivity index (χ2n) is 17.2. The fourth-order valence-electron chi connectivity index (χ4n) is 5.68. The molecule has 0 unspecified atom stereocenters. The molecule has 0 spiro atoms. The van der Waals surface area contributed by atoms with E-state index in [0.29, 0.717) is 12.1 Å². The molecule has 284 valence electrons. The van der Waals surface area contributed by atoms with Gasteiger partial charge in [0, 0.05) is 37.2 Å². The summed E-state index contributed by atoms with van der Waals surface area (Å²) in [5.41, 5.74) is 2.42. The number of benzene rings is 3. The fraction of sp³-hybridized carbons (Fsp3) is 0.512. The number of ketones is 1. The van der Waals surface area contributed by atoms with Gasteiger partial charge in [-0.25, -0.2) is 4.79 Å². The van der Waals surface area contributed by atoms with Gasteiger partial charge in [-0.15, -0.1) is 0 Å². The summed E-state index contributed by atoms with van der Waals surface area (Å²) in [6.07, 6.45) is -0.857. The highest BCUT2D eigenvalue weighted by molar-refractivity contribution is 6.74. The van der Waals surface area contributed by atoms with Gasteiger partial charge in [-0.05, 0) is 83.3 Å². The van der Waals surface area contributed by atoms with E-state index in [2.05, 4.69) is 75.3 Å². The predicted molar refractivity (Wildman–Crippen MR) is 212 cm³/mol. The number of rotatable bonds is 15. The van der Waals surface area contributed by atoms with Crippen molar-refractivity contribution in [2.24, 2.45) is 0 Å². The van der Waals surface area contributed by atoms with Gasteiger partial charge in [-0.3, -0.25) is 14.5 Å². The fourth-order valence-corrected chi connectivity index (χ4v) is 7.03. The smallest absolute Gasteiger partial charge is 0.407 e. The largest absolute Gasteiger partial charge is 0.460 e. The molecule has 1 amide bonds. The molecule has 0 fully saturated rings. The van der Waals surface area contributed by atoms with Gasteiger partial charge in [0.1, 0.15) is 11.2 Å². The van der Waals surface area contributed by atoms with Crippen LogP contribution in [0, 0.1) is 0 Å². The first-order valence-corrected chi connectivity index (χ1v) is 21.3. The number of ether oxygens (including phenoxy) is 2. The number of hydrogen-bond acceptors (Lipinski definition) is 7. The maximum atomic E-state index is 13.9. The summed E-state index contributed by atoms with van der Waals surface area (Å²) in [6.45, 7) is 24.7. The highest BCUT2D eigenvalue weighted by Gasteiger charge is 2.40. The Morgan fingerprint density at radius 3 is 1.77 bits per heavy atom. The van der Waals surface area contributed by atoms with Crippen LogP contribution in [0.4, 0.5) is 4.79 Å². The van der Waals surface area contributed by atoms with E-state index < -0.39 is 31.7 Å². The van der Waals surface area contributed by atoms with Crippen LogP contribution in [-0.2, 0) is 25.2 Å². The van der Waals surface area contributed by atoms with Crippen molar-refractivity contribution in [3.63, 3.8) is 0 Å². The monoisotopic (exact) mass is 730 g/mol. The third-order valence-electron chi connectivity index (χ3n) is 9.34. The van der Waals surface area contributed by atoms with Crippen molar-refractivity contribution in [2.75, 3.05) is 6.54 Å². The molecule has 0 saturated carbocycles. The number of carbonyl (C=O) groups excluding carboxylic acids is 3. The zero-order valence-corrected chi connectivity index (χ0v) is 34.5. The molecule has 1 N–H and O–H groups in total. The lowest BCUT2D eigenvalue weighted by Gasteiger charge is -2.39. The summed E-state index contributed by atoms with van der Waals surface area (Å²) in [5, 5.41) is 2.73. The van der Waals surface area contributed by atoms with Crippen LogP contribution < -0.4 is 5.32 Å². The SMILES string of the molecule is C[C@H](c1ccccc1)N(Cc1ccccc1)[C@@H](CC(=O)OC(C)(C)C)c1ccc(C(=O)C[C@H](CNC(=O)OC(C)(C)C)O[Si](C)(C)C(C)(C)C)cc1. The number of Topliss-reactive ketones (excluding diaryl/α,β-unsaturated/α-hetero) is 1. The number of nitrogens with one attached hydrogen (secondary N) is 1. The Kier molecular flexibility index (Phi) is 14.6. The van der Waals surface area contributed by atoms with Crippen LogP contribution in [0.2, 0.25) is 18.1 Å². The number of nitrogens with zero attached hydrogens (tertiary/aromatic N) is 1. The van der Waals surface area contributed by atoms with Crippen molar-refractivity contribution < 1.29 is 28.3 Å². The van der Waals surface area contributed by atoms with E-state index in [4.69, 9.17) is 13.9 Å². The van der Waals surface area contributed by atoms with Gasteiger partial charge in [0.2, 0.25) is 0 Å². The Morgan fingerprint density at radius 2 is 1.25 bits per heavy atom. The van der Waals surface area contributed by atoms with Gasteiger partial charge in [0.15, 0.2) is 14.1 Å². The Hall–Kier alpha value is -3.79. The topological polar surface area (TPSA) is 94.2 Å². The van der Waals surface area contributed by atoms with Gasteiger partial charge in [-0.1, -0.05) is 106 Å². The molecule has 0 aliphatic rings. The van der Waals surface area contributed by atoms with Crippen molar-refractivity contribution in [2.45, 2.75) is 136 Å². The zero-order valence-electron chi connectivity index (χ0n) is 33.5. The third kappa shape index (κ3) is 13.6. The molecule has 0 aromatic heterocycles. The average Bonchev–Trinajstić information content (AvgIpc) is 3.03. The van der Waals surface area contributed by atoms with Crippen LogP contribution in [-0.4, -0.2) is 54.9 Å². The lowest BCUT2D eigenvalue weighted by atomic mass is 9.94. The zero-order chi connectivity index (χ0) is 38.9. The maximum absolute atomic E-state index is 13.9. The molecule has 0 saturated heterocycles. The maximum Gasteiger partial charge on any atom is 0.407 e. The van der Waals surface area contributed by atoms with Gasteiger partial charge < -0.3 is 19.2 Å². The van der Waals surface area contributed by atoms with E-state index in [1.807, 2.05) is 102 Å². The number of hydrogen-bond donors (Lipinski definition) is 1. The van der Waals surface area contributed by atoms with Crippen molar-refractivity contribution in [3.05, 3.63) is 107 Å². The minimum Gasteiger partial charge on any atom is -0.460 e. The molecular weight excluding hydrogens is 669 g/mol. The summed E-state index contributed by atoms with van der Waals surface area (Å²) in [5.74, 6) is -0.386. The lowest BCUT2D eigenvalue weighted by molar-refractivity contribution is -0.156. The van der Waals surface area contributed by atoms with Gasteiger partial charge >= 0.3 is 12.1 Å². The van der Waals surface area contributed by atoms with Gasteiger partial charge in [-0.2, -0.15) is 0 Å².